The van der Waals surface area contributed by atoms with Gasteiger partial charge in [0.25, 0.3) is 0 Å². The van der Waals surface area contributed by atoms with Crippen LogP contribution in [0, 0.1) is 0 Å². The van der Waals surface area contributed by atoms with Crippen LogP contribution in [0.3, 0.4) is 0 Å². The topological polar surface area (TPSA) is 46.5 Å². The van der Waals surface area contributed by atoms with Crippen LogP contribution in [0.15, 0.2) is 48.5 Å². The Hall–Kier alpha value is -2.29. The number of aromatic carboxylic acids is 1. The van der Waals surface area contributed by atoms with E-state index in [-0.39, 0.29) is 11.7 Å². The number of hydrogen-bond donors (Lipinski definition) is 1. The molecule has 0 spiro atoms. The van der Waals surface area contributed by atoms with Crippen LogP contribution < -0.4 is 4.74 Å². The standard InChI is InChI=1S/C16H16O3/c1-11(2)19-15-10-13(16(17)18)8-9-14(15)12-6-4-3-5-7-12/h3-11H,1-2H3,(H,17,18). The molecular weight excluding hydrogens is 240 g/mol. The number of benzene rings is 2. The van der Waals surface area contributed by atoms with Crippen molar-refractivity contribution in [2.24, 2.45) is 0 Å². The number of carbonyl (C=O) groups is 1. The van der Waals surface area contributed by atoms with E-state index in [4.69, 9.17) is 9.84 Å². The summed E-state index contributed by atoms with van der Waals surface area (Å²) in [6.45, 7) is 3.84. The fourth-order valence-electron chi connectivity index (χ4n) is 1.86. The van der Waals surface area contributed by atoms with Crippen molar-refractivity contribution in [3.8, 4) is 16.9 Å². The second-order valence-electron chi connectivity index (χ2n) is 4.55. The van der Waals surface area contributed by atoms with Crippen LogP contribution in [-0.2, 0) is 0 Å². The van der Waals surface area contributed by atoms with Crippen molar-refractivity contribution in [2.75, 3.05) is 0 Å². The van der Waals surface area contributed by atoms with E-state index in [2.05, 4.69) is 0 Å². The maximum Gasteiger partial charge on any atom is 0.335 e. The number of hydrogen-bond acceptors (Lipinski definition) is 2. The van der Waals surface area contributed by atoms with Crippen molar-refractivity contribution in [3.05, 3.63) is 54.1 Å². The molecule has 2 rings (SSSR count). The monoisotopic (exact) mass is 256 g/mol. The average Bonchev–Trinajstić information content (AvgIpc) is 2.39. The summed E-state index contributed by atoms with van der Waals surface area (Å²) in [7, 11) is 0. The third-order valence-electron chi connectivity index (χ3n) is 2.68. The molecule has 0 saturated heterocycles. The molecule has 19 heavy (non-hydrogen) atoms. The molecule has 0 unspecified atom stereocenters. The number of rotatable bonds is 4. The van der Waals surface area contributed by atoms with Gasteiger partial charge in [0.15, 0.2) is 0 Å². The predicted octanol–water partition coefficient (Wildman–Crippen LogP) is 3.84. The summed E-state index contributed by atoms with van der Waals surface area (Å²) >= 11 is 0. The van der Waals surface area contributed by atoms with Crippen molar-refractivity contribution in [3.63, 3.8) is 0 Å². The van der Waals surface area contributed by atoms with Gasteiger partial charge in [-0.25, -0.2) is 4.79 Å². The Labute approximate surface area is 112 Å². The third kappa shape index (κ3) is 3.13. The fourth-order valence-corrected chi connectivity index (χ4v) is 1.86. The molecular formula is C16H16O3. The van der Waals surface area contributed by atoms with Crippen LogP contribution in [-0.4, -0.2) is 17.2 Å². The highest BCUT2D eigenvalue weighted by molar-refractivity contribution is 5.89. The lowest BCUT2D eigenvalue weighted by atomic mass is 10.0. The maximum atomic E-state index is 11.0. The zero-order valence-electron chi connectivity index (χ0n) is 11.0. The third-order valence-corrected chi connectivity index (χ3v) is 2.68. The van der Waals surface area contributed by atoms with Gasteiger partial charge in [-0.15, -0.1) is 0 Å². The minimum atomic E-state index is -0.951. The summed E-state index contributed by atoms with van der Waals surface area (Å²) in [5, 5.41) is 9.05. The Morgan fingerprint density at radius 1 is 1.11 bits per heavy atom. The molecule has 0 fully saturated rings. The second kappa shape index (κ2) is 5.57. The minimum Gasteiger partial charge on any atom is -0.490 e. The number of ether oxygens (including phenoxy) is 1. The van der Waals surface area contributed by atoms with Crippen molar-refractivity contribution < 1.29 is 14.6 Å². The molecule has 0 radical (unpaired) electrons. The van der Waals surface area contributed by atoms with Gasteiger partial charge in [0, 0.05) is 5.56 Å². The molecule has 0 saturated carbocycles. The van der Waals surface area contributed by atoms with Crippen LogP contribution in [0.1, 0.15) is 24.2 Å². The van der Waals surface area contributed by atoms with E-state index in [1.165, 1.54) is 0 Å². The summed E-state index contributed by atoms with van der Waals surface area (Å²) in [6.07, 6.45) is -0.00786. The molecule has 0 aliphatic rings. The molecule has 98 valence electrons. The van der Waals surface area contributed by atoms with Crippen LogP contribution in [0.2, 0.25) is 0 Å². The Morgan fingerprint density at radius 2 is 1.79 bits per heavy atom. The molecule has 2 aromatic carbocycles. The lowest BCUT2D eigenvalue weighted by Crippen LogP contribution is -2.08. The summed E-state index contributed by atoms with van der Waals surface area (Å²) in [5.74, 6) is -0.352. The van der Waals surface area contributed by atoms with Gasteiger partial charge in [0.2, 0.25) is 0 Å². The first-order chi connectivity index (χ1) is 9.08. The van der Waals surface area contributed by atoms with E-state index >= 15 is 0 Å². The van der Waals surface area contributed by atoms with E-state index in [0.29, 0.717) is 5.75 Å². The molecule has 0 aromatic heterocycles. The van der Waals surface area contributed by atoms with Crippen LogP contribution >= 0.6 is 0 Å². The first-order valence-corrected chi connectivity index (χ1v) is 6.17. The maximum absolute atomic E-state index is 11.0. The Balaban J connectivity index is 2.51. The second-order valence-corrected chi connectivity index (χ2v) is 4.55. The van der Waals surface area contributed by atoms with Crippen LogP contribution in [0.4, 0.5) is 0 Å². The van der Waals surface area contributed by atoms with Crippen LogP contribution in [0.5, 0.6) is 5.75 Å². The van der Waals surface area contributed by atoms with Gasteiger partial charge in [-0.3, -0.25) is 0 Å². The van der Waals surface area contributed by atoms with Crippen molar-refractivity contribution in [1.82, 2.24) is 0 Å². The molecule has 2 aromatic rings. The molecule has 0 heterocycles. The van der Waals surface area contributed by atoms with E-state index in [1.807, 2.05) is 44.2 Å². The molecule has 0 aliphatic carbocycles. The zero-order valence-corrected chi connectivity index (χ0v) is 11.0. The summed E-state index contributed by atoms with van der Waals surface area (Å²) in [5.41, 5.74) is 2.14. The largest absolute Gasteiger partial charge is 0.490 e. The molecule has 0 aliphatic heterocycles. The van der Waals surface area contributed by atoms with Gasteiger partial charge in [-0.1, -0.05) is 30.3 Å². The first kappa shape index (κ1) is 13.1. The SMILES string of the molecule is CC(C)Oc1cc(C(=O)O)ccc1-c1ccccc1. The van der Waals surface area contributed by atoms with Gasteiger partial charge in [-0.2, -0.15) is 0 Å². The molecule has 1 N–H and O–H groups in total. The zero-order chi connectivity index (χ0) is 13.8. The van der Waals surface area contributed by atoms with Crippen molar-refractivity contribution in [1.29, 1.82) is 0 Å². The van der Waals surface area contributed by atoms with Gasteiger partial charge < -0.3 is 9.84 Å². The molecule has 0 bridgehead atoms. The van der Waals surface area contributed by atoms with E-state index < -0.39 is 5.97 Å². The molecule has 3 nitrogen and oxygen atoms in total. The van der Waals surface area contributed by atoms with Gasteiger partial charge in [0.05, 0.1) is 11.7 Å². The van der Waals surface area contributed by atoms with Crippen molar-refractivity contribution in [2.45, 2.75) is 20.0 Å². The highest BCUT2D eigenvalue weighted by Crippen LogP contribution is 2.31. The van der Waals surface area contributed by atoms with E-state index in [0.717, 1.165) is 11.1 Å². The quantitative estimate of drug-likeness (QED) is 0.904. The Morgan fingerprint density at radius 3 is 2.37 bits per heavy atom. The molecule has 0 amide bonds. The first-order valence-electron chi connectivity index (χ1n) is 6.17. The average molecular weight is 256 g/mol. The predicted molar refractivity (Wildman–Crippen MR) is 74.6 cm³/mol. The fraction of sp³-hybridized carbons (Fsp3) is 0.188. The minimum absolute atomic E-state index is 0.00786. The van der Waals surface area contributed by atoms with Gasteiger partial charge in [0.1, 0.15) is 5.75 Å². The lowest BCUT2D eigenvalue weighted by molar-refractivity contribution is 0.0696. The summed E-state index contributed by atoms with van der Waals surface area (Å²) in [6, 6.07) is 14.7. The van der Waals surface area contributed by atoms with Crippen molar-refractivity contribution >= 4 is 5.97 Å². The Bertz CT molecular complexity index is 574. The molecule has 3 heteroatoms. The van der Waals surface area contributed by atoms with E-state index in [9.17, 15) is 4.79 Å². The molecule has 0 atom stereocenters. The summed E-state index contributed by atoms with van der Waals surface area (Å²) < 4.78 is 5.73. The number of carboxylic acids is 1. The Kier molecular flexibility index (Phi) is 3.85. The summed E-state index contributed by atoms with van der Waals surface area (Å²) in [4.78, 5) is 11.0. The van der Waals surface area contributed by atoms with Gasteiger partial charge >= 0.3 is 5.97 Å². The lowest BCUT2D eigenvalue weighted by Gasteiger charge is -2.15. The van der Waals surface area contributed by atoms with Gasteiger partial charge in [-0.05, 0) is 37.6 Å². The number of carboxylic acid groups (broad SMARTS) is 1. The highest BCUT2D eigenvalue weighted by atomic mass is 16.5. The normalized spacial score (nSPS) is 10.5. The van der Waals surface area contributed by atoms with Crippen LogP contribution in [0.25, 0.3) is 11.1 Å². The highest BCUT2D eigenvalue weighted by Gasteiger charge is 2.12. The van der Waals surface area contributed by atoms with E-state index in [1.54, 1.807) is 18.2 Å². The smallest absolute Gasteiger partial charge is 0.335 e.